The van der Waals surface area contributed by atoms with E-state index in [1.165, 1.54) is 0 Å². The summed E-state index contributed by atoms with van der Waals surface area (Å²) in [6, 6.07) is 7.59. The molecule has 3 heteroatoms. The molecule has 0 aliphatic carbocycles. The molecule has 0 saturated carbocycles. The van der Waals surface area contributed by atoms with Crippen LogP contribution in [-0.2, 0) is 10.3 Å². The Hall–Kier alpha value is -1.35. The van der Waals surface area contributed by atoms with E-state index in [0.717, 1.165) is 17.5 Å². The lowest BCUT2D eigenvalue weighted by Crippen LogP contribution is -2.47. The number of carbonyl (C=O) groups is 1. The van der Waals surface area contributed by atoms with Gasteiger partial charge in [-0.25, -0.2) is 4.79 Å². The van der Waals surface area contributed by atoms with Crippen LogP contribution < -0.4 is 5.32 Å². The van der Waals surface area contributed by atoms with Crippen LogP contribution in [0.4, 0.5) is 0 Å². The first-order chi connectivity index (χ1) is 7.52. The molecule has 0 spiro atoms. The van der Waals surface area contributed by atoms with Gasteiger partial charge in [0.25, 0.3) is 0 Å². The van der Waals surface area contributed by atoms with Gasteiger partial charge in [0.2, 0.25) is 0 Å². The second-order valence-corrected chi connectivity index (χ2v) is 4.17. The molecule has 0 heterocycles. The molecule has 0 saturated heterocycles. The Morgan fingerprint density at radius 2 is 2.06 bits per heavy atom. The van der Waals surface area contributed by atoms with Crippen LogP contribution in [0.5, 0.6) is 0 Å². The molecule has 1 aromatic carbocycles. The van der Waals surface area contributed by atoms with Gasteiger partial charge in [-0.15, -0.1) is 0 Å². The number of rotatable bonds is 5. The molecule has 0 fully saturated rings. The lowest BCUT2D eigenvalue weighted by atomic mass is 9.88. The molecule has 0 amide bonds. The van der Waals surface area contributed by atoms with Crippen LogP contribution in [0.1, 0.15) is 31.4 Å². The van der Waals surface area contributed by atoms with Crippen LogP contribution in [0.25, 0.3) is 0 Å². The molecule has 1 unspecified atom stereocenters. The van der Waals surface area contributed by atoms with E-state index in [9.17, 15) is 9.90 Å². The number of carboxylic acids is 1. The Kier molecular flexibility index (Phi) is 4.07. The predicted molar refractivity (Wildman–Crippen MR) is 64.5 cm³/mol. The summed E-state index contributed by atoms with van der Waals surface area (Å²) in [6.07, 6.45) is 0.911. The topological polar surface area (TPSA) is 49.3 Å². The smallest absolute Gasteiger partial charge is 0.328 e. The van der Waals surface area contributed by atoms with Gasteiger partial charge < -0.3 is 5.11 Å². The summed E-state index contributed by atoms with van der Waals surface area (Å²) in [5.41, 5.74) is 0.827. The largest absolute Gasteiger partial charge is 0.480 e. The fraction of sp³-hybridized carbons (Fsp3) is 0.462. The quantitative estimate of drug-likeness (QED) is 0.802. The average molecular weight is 221 g/mol. The molecular formula is C13H19NO2. The van der Waals surface area contributed by atoms with Gasteiger partial charge in [-0.2, -0.15) is 0 Å². The minimum atomic E-state index is -0.999. The van der Waals surface area contributed by atoms with Gasteiger partial charge in [0.15, 0.2) is 0 Å². The number of carboxylic acid groups (broad SMARTS) is 1. The third-order valence-electron chi connectivity index (χ3n) is 2.84. The van der Waals surface area contributed by atoms with Gasteiger partial charge in [0.1, 0.15) is 5.54 Å². The van der Waals surface area contributed by atoms with E-state index in [4.69, 9.17) is 0 Å². The van der Waals surface area contributed by atoms with Crippen molar-refractivity contribution in [1.29, 1.82) is 0 Å². The second kappa shape index (κ2) is 5.12. The summed E-state index contributed by atoms with van der Waals surface area (Å²) in [7, 11) is 0. The highest BCUT2D eigenvalue weighted by Gasteiger charge is 2.35. The minimum Gasteiger partial charge on any atom is -0.480 e. The molecule has 1 aromatic rings. The summed E-state index contributed by atoms with van der Waals surface area (Å²) in [6.45, 7) is 6.36. The highest BCUT2D eigenvalue weighted by molar-refractivity contribution is 5.80. The fourth-order valence-corrected chi connectivity index (χ4v) is 1.79. The van der Waals surface area contributed by atoms with E-state index in [0.29, 0.717) is 6.54 Å². The zero-order chi connectivity index (χ0) is 12.2. The van der Waals surface area contributed by atoms with Crippen molar-refractivity contribution >= 4 is 5.97 Å². The lowest BCUT2D eigenvalue weighted by molar-refractivity contribution is -0.144. The van der Waals surface area contributed by atoms with E-state index >= 15 is 0 Å². The first-order valence-corrected chi connectivity index (χ1v) is 5.57. The van der Waals surface area contributed by atoms with E-state index in [2.05, 4.69) is 5.32 Å². The van der Waals surface area contributed by atoms with Crippen molar-refractivity contribution in [2.45, 2.75) is 32.7 Å². The van der Waals surface area contributed by atoms with Gasteiger partial charge in [0, 0.05) is 0 Å². The number of hydrogen-bond donors (Lipinski definition) is 2. The molecule has 3 nitrogen and oxygen atoms in total. The summed E-state index contributed by atoms with van der Waals surface area (Å²) >= 11 is 0. The van der Waals surface area contributed by atoms with Gasteiger partial charge >= 0.3 is 5.97 Å². The molecule has 0 aliphatic heterocycles. The Balaban J connectivity index is 3.11. The monoisotopic (exact) mass is 221 g/mol. The van der Waals surface area contributed by atoms with Crippen LogP contribution in [0.3, 0.4) is 0 Å². The lowest BCUT2D eigenvalue weighted by Gasteiger charge is -2.28. The predicted octanol–water partition coefficient (Wildman–Crippen LogP) is 2.29. The summed E-state index contributed by atoms with van der Waals surface area (Å²) in [4.78, 5) is 11.4. The molecule has 0 bridgehead atoms. The Morgan fingerprint density at radius 3 is 2.56 bits per heavy atom. The Bertz CT molecular complexity index is 376. The molecule has 16 heavy (non-hydrogen) atoms. The van der Waals surface area contributed by atoms with Gasteiger partial charge in [-0.05, 0) is 37.9 Å². The van der Waals surface area contributed by atoms with Crippen LogP contribution in [0.2, 0.25) is 0 Å². The minimum absolute atomic E-state index is 0.692. The summed E-state index contributed by atoms with van der Waals surface area (Å²) in [5, 5.41) is 12.5. The van der Waals surface area contributed by atoms with Crippen LogP contribution in [0.15, 0.2) is 24.3 Å². The number of hydrogen-bond acceptors (Lipinski definition) is 2. The first-order valence-electron chi connectivity index (χ1n) is 5.57. The van der Waals surface area contributed by atoms with E-state index < -0.39 is 11.5 Å². The number of nitrogens with one attached hydrogen (secondary N) is 1. The normalized spacial score (nSPS) is 14.4. The zero-order valence-corrected chi connectivity index (χ0v) is 10.1. The Morgan fingerprint density at radius 1 is 1.44 bits per heavy atom. The second-order valence-electron chi connectivity index (χ2n) is 4.17. The van der Waals surface area contributed by atoms with E-state index in [-0.39, 0.29) is 0 Å². The van der Waals surface area contributed by atoms with E-state index in [1.807, 2.05) is 38.1 Å². The van der Waals surface area contributed by atoms with Crippen molar-refractivity contribution in [1.82, 2.24) is 5.32 Å². The maximum atomic E-state index is 11.4. The number of aliphatic carboxylic acids is 1. The van der Waals surface area contributed by atoms with Crippen molar-refractivity contribution in [3.63, 3.8) is 0 Å². The first kappa shape index (κ1) is 12.7. The molecule has 1 atom stereocenters. The highest BCUT2D eigenvalue weighted by atomic mass is 16.4. The summed E-state index contributed by atoms with van der Waals surface area (Å²) in [5.74, 6) is -0.838. The molecule has 0 aromatic heterocycles. The van der Waals surface area contributed by atoms with Gasteiger partial charge in [0.05, 0.1) is 0 Å². The van der Waals surface area contributed by atoms with Crippen molar-refractivity contribution in [3.05, 3.63) is 35.4 Å². The van der Waals surface area contributed by atoms with Crippen molar-refractivity contribution in [3.8, 4) is 0 Å². The Labute approximate surface area is 96.5 Å². The summed E-state index contributed by atoms with van der Waals surface area (Å²) < 4.78 is 0. The maximum absolute atomic E-state index is 11.4. The van der Waals surface area contributed by atoms with Crippen molar-refractivity contribution in [2.75, 3.05) is 6.54 Å². The third kappa shape index (κ3) is 2.42. The molecule has 88 valence electrons. The number of aryl methyl sites for hydroxylation is 1. The standard InChI is InChI=1S/C13H19NO2/c1-4-9-14-13(3,12(15)16)11-8-6-5-7-10(11)2/h5-8,14H,4,9H2,1-3H3,(H,15,16). The van der Waals surface area contributed by atoms with E-state index in [1.54, 1.807) is 6.92 Å². The number of benzene rings is 1. The maximum Gasteiger partial charge on any atom is 0.328 e. The molecular weight excluding hydrogens is 202 g/mol. The van der Waals surface area contributed by atoms with Crippen molar-refractivity contribution in [2.24, 2.45) is 0 Å². The molecule has 2 N–H and O–H groups in total. The van der Waals surface area contributed by atoms with Gasteiger partial charge in [-0.1, -0.05) is 31.2 Å². The van der Waals surface area contributed by atoms with Crippen LogP contribution in [-0.4, -0.2) is 17.6 Å². The average Bonchev–Trinajstić information content (AvgIpc) is 2.26. The molecule has 0 aliphatic rings. The SMILES string of the molecule is CCCNC(C)(C(=O)O)c1ccccc1C. The zero-order valence-electron chi connectivity index (χ0n) is 10.1. The molecule has 0 radical (unpaired) electrons. The highest BCUT2D eigenvalue weighted by Crippen LogP contribution is 2.24. The fourth-order valence-electron chi connectivity index (χ4n) is 1.79. The molecule has 1 rings (SSSR count). The van der Waals surface area contributed by atoms with Crippen molar-refractivity contribution < 1.29 is 9.90 Å². The van der Waals surface area contributed by atoms with Crippen LogP contribution >= 0.6 is 0 Å². The van der Waals surface area contributed by atoms with Crippen LogP contribution in [0, 0.1) is 6.92 Å². The third-order valence-corrected chi connectivity index (χ3v) is 2.84. The van der Waals surface area contributed by atoms with Gasteiger partial charge in [-0.3, -0.25) is 5.32 Å².